The topological polar surface area (TPSA) is 61.2 Å². The number of esters is 1. The lowest BCUT2D eigenvalue weighted by Crippen LogP contribution is -2.21. The number of hydrogen-bond acceptors (Lipinski definition) is 4. The second kappa shape index (κ2) is 4.61. The number of carbonyl (C=O) groups is 1. The molecule has 0 saturated carbocycles. The van der Waals surface area contributed by atoms with E-state index in [0.717, 1.165) is 0 Å². The number of nitrogens with zero attached hydrogens (tertiary/aromatic N) is 2. The van der Waals surface area contributed by atoms with Gasteiger partial charge in [0.15, 0.2) is 0 Å². The summed E-state index contributed by atoms with van der Waals surface area (Å²) in [5.41, 5.74) is -0.303. The van der Waals surface area contributed by atoms with Gasteiger partial charge in [0.2, 0.25) is 5.88 Å². The predicted molar refractivity (Wildman–Crippen MR) is 61.1 cm³/mol. The molecule has 0 bridgehead atoms. The summed E-state index contributed by atoms with van der Waals surface area (Å²) >= 11 is 0. The van der Waals surface area contributed by atoms with Crippen LogP contribution < -0.4 is 10.3 Å². The van der Waals surface area contributed by atoms with Gasteiger partial charge < -0.3 is 4.74 Å². The summed E-state index contributed by atoms with van der Waals surface area (Å²) in [6, 6.07) is 9.59. The summed E-state index contributed by atoms with van der Waals surface area (Å²) in [7, 11) is 0. The van der Waals surface area contributed by atoms with Gasteiger partial charge in [0.1, 0.15) is 5.82 Å². The van der Waals surface area contributed by atoms with Gasteiger partial charge >= 0.3 is 5.97 Å². The van der Waals surface area contributed by atoms with Gasteiger partial charge in [-0.3, -0.25) is 9.59 Å². The van der Waals surface area contributed by atoms with Crippen molar-refractivity contribution in [2.75, 3.05) is 0 Å². The maximum atomic E-state index is 11.8. The third-order valence-electron chi connectivity index (χ3n) is 2.05. The summed E-state index contributed by atoms with van der Waals surface area (Å²) in [6.07, 6.45) is 1.56. The third kappa shape index (κ3) is 2.39. The summed E-state index contributed by atoms with van der Waals surface area (Å²) in [5, 5.41) is 0. The van der Waals surface area contributed by atoms with E-state index in [0.29, 0.717) is 5.82 Å². The molecule has 5 heteroatoms. The van der Waals surface area contributed by atoms with E-state index in [2.05, 4.69) is 4.98 Å². The zero-order valence-electron chi connectivity index (χ0n) is 9.16. The van der Waals surface area contributed by atoms with E-state index < -0.39 is 5.97 Å². The van der Waals surface area contributed by atoms with Crippen LogP contribution in [0.15, 0.2) is 47.4 Å². The van der Waals surface area contributed by atoms with Gasteiger partial charge in [0.25, 0.3) is 5.56 Å². The fraction of sp³-hybridized carbons (Fsp3) is 0.0833. The van der Waals surface area contributed by atoms with Gasteiger partial charge in [0, 0.05) is 19.2 Å². The minimum atomic E-state index is -0.486. The van der Waals surface area contributed by atoms with Crippen molar-refractivity contribution in [2.45, 2.75) is 6.92 Å². The Bertz CT molecular complexity index is 590. The Morgan fingerprint density at radius 3 is 2.71 bits per heavy atom. The lowest BCUT2D eigenvalue weighted by atomic mass is 10.4. The van der Waals surface area contributed by atoms with Gasteiger partial charge in [0.05, 0.1) is 0 Å². The molecule has 17 heavy (non-hydrogen) atoms. The SMILES string of the molecule is CC(=O)Oc1cccc(=O)n1-c1ccccn1. The molecular formula is C12H10N2O3. The van der Waals surface area contributed by atoms with Crippen molar-refractivity contribution in [1.29, 1.82) is 0 Å². The fourth-order valence-corrected chi connectivity index (χ4v) is 1.41. The number of pyridine rings is 2. The lowest BCUT2D eigenvalue weighted by Gasteiger charge is -2.09. The van der Waals surface area contributed by atoms with Crippen molar-refractivity contribution < 1.29 is 9.53 Å². The zero-order chi connectivity index (χ0) is 12.3. The molecule has 0 spiro atoms. The van der Waals surface area contributed by atoms with Gasteiger partial charge in [-0.2, -0.15) is 0 Å². The number of aromatic nitrogens is 2. The molecule has 2 heterocycles. The predicted octanol–water partition coefficient (Wildman–Crippen LogP) is 1.16. The van der Waals surface area contributed by atoms with Gasteiger partial charge in [-0.1, -0.05) is 12.1 Å². The Morgan fingerprint density at radius 2 is 2.06 bits per heavy atom. The molecule has 2 aromatic heterocycles. The van der Waals surface area contributed by atoms with E-state index in [1.54, 1.807) is 24.4 Å². The number of rotatable bonds is 2. The first kappa shape index (κ1) is 11.1. The standard InChI is InChI=1S/C12H10N2O3/c1-9(15)17-12-7-4-6-11(16)14(12)10-5-2-3-8-13-10/h2-8H,1H3. The van der Waals surface area contributed by atoms with Crippen LogP contribution in [0.2, 0.25) is 0 Å². The van der Waals surface area contributed by atoms with Crippen LogP contribution in [0.4, 0.5) is 0 Å². The Kier molecular flexibility index (Phi) is 3.00. The molecule has 0 aliphatic carbocycles. The summed E-state index contributed by atoms with van der Waals surface area (Å²) in [6.45, 7) is 1.28. The van der Waals surface area contributed by atoms with E-state index in [1.165, 1.54) is 29.7 Å². The van der Waals surface area contributed by atoms with Crippen LogP contribution in [-0.4, -0.2) is 15.5 Å². The zero-order valence-corrected chi connectivity index (χ0v) is 9.16. The maximum absolute atomic E-state index is 11.8. The molecule has 2 rings (SSSR count). The van der Waals surface area contributed by atoms with E-state index in [1.807, 2.05) is 0 Å². The molecule has 0 unspecified atom stereocenters. The van der Waals surface area contributed by atoms with Gasteiger partial charge in [-0.05, 0) is 18.2 Å². The number of carbonyl (C=O) groups excluding carboxylic acids is 1. The van der Waals surface area contributed by atoms with Crippen molar-refractivity contribution >= 4 is 5.97 Å². The van der Waals surface area contributed by atoms with E-state index in [-0.39, 0.29) is 11.4 Å². The second-order valence-electron chi connectivity index (χ2n) is 3.32. The van der Waals surface area contributed by atoms with Crippen molar-refractivity contribution in [3.05, 3.63) is 52.9 Å². The third-order valence-corrected chi connectivity index (χ3v) is 2.05. The minimum absolute atomic E-state index is 0.156. The number of ether oxygens (including phenoxy) is 1. The van der Waals surface area contributed by atoms with Gasteiger partial charge in [-0.15, -0.1) is 0 Å². The van der Waals surface area contributed by atoms with Crippen LogP contribution in [0.1, 0.15) is 6.92 Å². The fourth-order valence-electron chi connectivity index (χ4n) is 1.41. The first-order chi connectivity index (χ1) is 8.18. The monoisotopic (exact) mass is 230 g/mol. The quantitative estimate of drug-likeness (QED) is 0.726. The normalized spacial score (nSPS) is 9.94. The highest BCUT2D eigenvalue weighted by Crippen LogP contribution is 2.12. The van der Waals surface area contributed by atoms with E-state index in [4.69, 9.17) is 4.74 Å². The molecule has 0 aromatic carbocycles. The van der Waals surface area contributed by atoms with Crippen LogP contribution in [0.5, 0.6) is 5.88 Å². The van der Waals surface area contributed by atoms with Crippen molar-refractivity contribution in [3.8, 4) is 11.7 Å². The number of hydrogen-bond donors (Lipinski definition) is 0. The van der Waals surface area contributed by atoms with Gasteiger partial charge in [-0.25, -0.2) is 9.55 Å². The molecule has 5 nitrogen and oxygen atoms in total. The highest BCUT2D eigenvalue weighted by Gasteiger charge is 2.09. The lowest BCUT2D eigenvalue weighted by molar-refractivity contribution is -0.132. The Balaban J connectivity index is 2.59. The average molecular weight is 230 g/mol. The minimum Gasteiger partial charge on any atom is -0.409 e. The van der Waals surface area contributed by atoms with Crippen LogP contribution in [0.3, 0.4) is 0 Å². The molecule has 86 valence electrons. The van der Waals surface area contributed by atoms with E-state index in [9.17, 15) is 9.59 Å². The molecule has 0 radical (unpaired) electrons. The van der Waals surface area contributed by atoms with Crippen LogP contribution in [0, 0.1) is 0 Å². The van der Waals surface area contributed by atoms with Crippen molar-refractivity contribution in [1.82, 2.24) is 9.55 Å². The average Bonchev–Trinajstić information content (AvgIpc) is 2.29. The van der Waals surface area contributed by atoms with E-state index >= 15 is 0 Å². The highest BCUT2D eigenvalue weighted by molar-refractivity contribution is 5.68. The maximum Gasteiger partial charge on any atom is 0.309 e. The molecule has 0 aliphatic heterocycles. The molecular weight excluding hydrogens is 220 g/mol. The highest BCUT2D eigenvalue weighted by atomic mass is 16.5. The van der Waals surface area contributed by atoms with Crippen molar-refractivity contribution in [3.63, 3.8) is 0 Å². The molecule has 0 N–H and O–H groups in total. The van der Waals surface area contributed by atoms with Crippen molar-refractivity contribution in [2.24, 2.45) is 0 Å². The van der Waals surface area contributed by atoms with Crippen LogP contribution in [0.25, 0.3) is 5.82 Å². The summed E-state index contributed by atoms with van der Waals surface area (Å²) < 4.78 is 6.20. The first-order valence-corrected chi connectivity index (χ1v) is 5.00. The summed E-state index contributed by atoms with van der Waals surface area (Å²) in [4.78, 5) is 26.8. The Labute approximate surface area is 97.3 Å². The molecule has 0 fully saturated rings. The smallest absolute Gasteiger partial charge is 0.309 e. The first-order valence-electron chi connectivity index (χ1n) is 5.00. The Morgan fingerprint density at radius 1 is 1.24 bits per heavy atom. The molecule has 2 aromatic rings. The van der Waals surface area contributed by atoms with Crippen LogP contribution in [-0.2, 0) is 4.79 Å². The Hall–Kier alpha value is -2.43. The van der Waals surface area contributed by atoms with Crippen LogP contribution >= 0.6 is 0 Å². The molecule has 0 saturated heterocycles. The summed E-state index contributed by atoms with van der Waals surface area (Å²) in [5.74, 6) is 0.0818. The largest absolute Gasteiger partial charge is 0.409 e. The molecule has 0 aliphatic rings. The second-order valence-corrected chi connectivity index (χ2v) is 3.32. The molecule has 0 atom stereocenters. The molecule has 0 amide bonds.